The van der Waals surface area contributed by atoms with Crippen LogP contribution in [0.15, 0.2) is 24.8 Å². The smallest absolute Gasteiger partial charge is 0.373 e. The van der Waals surface area contributed by atoms with Crippen molar-refractivity contribution in [1.82, 2.24) is 0 Å². The van der Waals surface area contributed by atoms with Crippen LogP contribution in [0.5, 0.6) is 0 Å². The molecule has 0 aromatic heterocycles. The van der Waals surface area contributed by atoms with Gasteiger partial charge in [0.05, 0.1) is 15.1 Å². The van der Waals surface area contributed by atoms with Gasteiger partial charge in [-0.05, 0) is 23.8 Å². The van der Waals surface area contributed by atoms with E-state index < -0.39 is 17.3 Å². The van der Waals surface area contributed by atoms with Crippen molar-refractivity contribution in [3.8, 4) is 0 Å². The minimum atomic E-state index is -4.94. The van der Waals surface area contributed by atoms with Crippen LogP contribution in [0.2, 0.25) is 15.1 Å². The van der Waals surface area contributed by atoms with E-state index in [4.69, 9.17) is 34.8 Å². The molecule has 0 aliphatic rings. The molecule has 0 saturated heterocycles. The summed E-state index contributed by atoms with van der Waals surface area (Å²) in [5, 5.41) is 9.12. The lowest BCUT2D eigenvalue weighted by molar-refractivity contribution is -0.245. The summed E-state index contributed by atoms with van der Waals surface area (Å²) in [5.41, 5.74) is -3.76. The van der Waals surface area contributed by atoms with E-state index in [-0.39, 0.29) is 15.1 Å². The molecule has 0 saturated carbocycles. The Bertz CT molecular complexity index is 436. The molecule has 1 atom stereocenters. The van der Waals surface area contributed by atoms with E-state index >= 15 is 0 Å². The summed E-state index contributed by atoms with van der Waals surface area (Å²) >= 11 is 16.8. The molecule has 0 amide bonds. The number of halogens is 6. The van der Waals surface area contributed by atoms with Crippen molar-refractivity contribution in [2.45, 2.75) is 11.8 Å². The zero-order valence-corrected chi connectivity index (χ0v) is 10.4. The summed E-state index contributed by atoms with van der Waals surface area (Å²) in [7, 11) is 0. The van der Waals surface area contributed by atoms with Crippen molar-refractivity contribution in [2.24, 2.45) is 0 Å². The number of aliphatic hydroxyl groups is 1. The van der Waals surface area contributed by atoms with Crippen LogP contribution in [0.1, 0.15) is 5.56 Å². The number of alkyl halides is 3. The second kappa shape index (κ2) is 4.69. The Balaban J connectivity index is 3.47. The minimum absolute atomic E-state index is 0.0781. The molecule has 17 heavy (non-hydrogen) atoms. The summed E-state index contributed by atoms with van der Waals surface area (Å²) in [4.78, 5) is 0. The third-order valence-electron chi connectivity index (χ3n) is 2.15. The molecule has 0 aliphatic carbocycles. The van der Waals surface area contributed by atoms with Gasteiger partial charge in [0.1, 0.15) is 0 Å². The van der Waals surface area contributed by atoms with Crippen LogP contribution >= 0.6 is 34.8 Å². The molecule has 1 unspecified atom stereocenters. The van der Waals surface area contributed by atoms with Gasteiger partial charge in [0, 0.05) is 0 Å². The molecule has 1 aromatic rings. The van der Waals surface area contributed by atoms with Gasteiger partial charge < -0.3 is 5.11 Å². The van der Waals surface area contributed by atoms with Gasteiger partial charge >= 0.3 is 6.18 Å². The zero-order valence-electron chi connectivity index (χ0n) is 8.15. The Kier molecular flexibility index (Phi) is 4.04. The van der Waals surface area contributed by atoms with Gasteiger partial charge in [-0.15, -0.1) is 0 Å². The van der Waals surface area contributed by atoms with E-state index in [9.17, 15) is 18.3 Å². The average Bonchev–Trinajstić information content (AvgIpc) is 2.22. The van der Waals surface area contributed by atoms with Gasteiger partial charge in [-0.3, -0.25) is 0 Å². The first kappa shape index (κ1) is 14.6. The van der Waals surface area contributed by atoms with Gasteiger partial charge in [0.25, 0.3) is 0 Å². The van der Waals surface area contributed by atoms with E-state index in [1.54, 1.807) is 0 Å². The fourth-order valence-corrected chi connectivity index (χ4v) is 1.77. The molecule has 0 fully saturated rings. The summed E-state index contributed by atoms with van der Waals surface area (Å²) in [6.07, 6.45) is -4.57. The van der Waals surface area contributed by atoms with E-state index in [0.29, 0.717) is 6.08 Å². The largest absolute Gasteiger partial charge is 0.425 e. The van der Waals surface area contributed by atoms with Gasteiger partial charge in [0.2, 0.25) is 5.60 Å². The van der Waals surface area contributed by atoms with Crippen molar-refractivity contribution in [1.29, 1.82) is 0 Å². The molecule has 0 spiro atoms. The molecule has 0 aliphatic heterocycles. The second-order valence-corrected chi connectivity index (χ2v) is 4.41. The van der Waals surface area contributed by atoms with E-state index in [1.165, 1.54) is 0 Å². The molecule has 1 aromatic carbocycles. The maximum atomic E-state index is 12.7. The molecule has 0 bridgehead atoms. The molecule has 1 rings (SSSR count). The maximum Gasteiger partial charge on any atom is 0.425 e. The SMILES string of the molecule is C=CC(O)(c1cc(Cl)c(Cl)c(Cl)c1)C(F)(F)F. The van der Waals surface area contributed by atoms with Crippen LogP contribution in [-0.2, 0) is 5.60 Å². The second-order valence-electron chi connectivity index (χ2n) is 3.22. The van der Waals surface area contributed by atoms with Gasteiger partial charge in [0.15, 0.2) is 0 Å². The maximum absolute atomic E-state index is 12.7. The highest BCUT2D eigenvalue weighted by molar-refractivity contribution is 6.48. The van der Waals surface area contributed by atoms with Crippen molar-refractivity contribution in [3.05, 3.63) is 45.4 Å². The van der Waals surface area contributed by atoms with E-state index in [1.807, 2.05) is 0 Å². The van der Waals surface area contributed by atoms with Crippen LogP contribution < -0.4 is 0 Å². The van der Waals surface area contributed by atoms with E-state index in [2.05, 4.69) is 6.58 Å². The fraction of sp³-hybridized carbons (Fsp3) is 0.200. The predicted octanol–water partition coefficient (Wildman–Crippen LogP) is 4.58. The molecule has 94 valence electrons. The first-order valence-electron chi connectivity index (χ1n) is 4.21. The van der Waals surface area contributed by atoms with Crippen LogP contribution in [0, 0.1) is 0 Å². The van der Waals surface area contributed by atoms with Gasteiger partial charge in [-0.2, -0.15) is 13.2 Å². The molecule has 0 heterocycles. The lowest BCUT2D eigenvalue weighted by Gasteiger charge is -2.28. The minimum Gasteiger partial charge on any atom is -0.373 e. The van der Waals surface area contributed by atoms with E-state index in [0.717, 1.165) is 12.1 Å². The fourth-order valence-electron chi connectivity index (χ4n) is 1.17. The quantitative estimate of drug-likeness (QED) is 0.626. The Hall–Kier alpha value is -0.420. The summed E-state index contributed by atoms with van der Waals surface area (Å²) in [5.74, 6) is 0. The first-order chi connectivity index (χ1) is 7.63. The van der Waals surface area contributed by atoms with Gasteiger partial charge in [-0.25, -0.2) is 0 Å². The summed E-state index contributed by atoms with van der Waals surface area (Å²) in [6.45, 7) is 2.97. The first-order valence-corrected chi connectivity index (χ1v) is 5.34. The lowest BCUT2D eigenvalue weighted by Crippen LogP contribution is -2.40. The Morgan fingerprint density at radius 3 is 1.82 bits per heavy atom. The molecule has 1 N–H and O–H groups in total. The Labute approximate surface area is 110 Å². The normalized spacial score (nSPS) is 15.5. The molecular formula is C10H6Cl3F3O. The monoisotopic (exact) mass is 304 g/mol. The number of hydrogen-bond acceptors (Lipinski definition) is 1. The zero-order chi connectivity index (χ0) is 13.4. The molecule has 0 radical (unpaired) electrons. The van der Waals surface area contributed by atoms with Crippen LogP contribution in [-0.4, -0.2) is 11.3 Å². The number of benzene rings is 1. The van der Waals surface area contributed by atoms with Crippen molar-refractivity contribution >= 4 is 34.8 Å². The number of rotatable bonds is 2. The lowest BCUT2D eigenvalue weighted by atomic mass is 9.93. The predicted molar refractivity (Wildman–Crippen MR) is 61.6 cm³/mol. The van der Waals surface area contributed by atoms with Crippen molar-refractivity contribution in [2.75, 3.05) is 0 Å². The third-order valence-corrected chi connectivity index (χ3v) is 3.35. The Morgan fingerprint density at radius 1 is 1.12 bits per heavy atom. The summed E-state index contributed by atoms with van der Waals surface area (Å²) in [6, 6.07) is 1.79. The molecule has 7 heteroatoms. The molecular weight excluding hydrogens is 299 g/mol. The van der Waals surface area contributed by atoms with Crippen LogP contribution in [0.4, 0.5) is 13.2 Å². The number of hydrogen-bond donors (Lipinski definition) is 1. The van der Waals surface area contributed by atoms with Crippen LogP contribution in [0.25, 0.3) is 0 Å². The highest BCUT2D eigenvalue weighted by Crippen LogP contribution is 2.43. The van der Waals surface area contributed by atoms with Crippen molar-refractivity contribution in [3.63, 3.8) is 0 Å². The topological polar surface area (TPSA) is 20.2 Å². The summed E-state index contributed by atoms with van der Waals surface area (Å²) < 4.78 is 38.1. The van der Waals surface area contributed by atoms with Crippen molar-refractivity contribution < 1.29 is 18.3 Å². The standard InChI is InChI=1S/C10H6Cl3F3O/c1-2-9(17,10(14,15)16)5-3-6(11)8(13)7(12)4-5/h2-4,17H,1H2. The van der Waals surface area contributed by atoms with Crippen LogP contribution in [0.3, 0.4) is 0 Å². The third kappa shape index (κ3) is 2.55. The average molecular weight is 306 g/mol. The van der Waals surface area contributed by atoms with Gasteiger partial charge in [-0.1, -0.05) is 41.4 Å². The molecule has 1 nitrogen and oxygen atoms in total. The highest BCUT2D eigenvalue weighted by atomic mass is 35.5. The Morgan fingerprint density at radius 2 is 1.53 bits per heavy atom. The highest BCUT2D eigenvalue weighted by Gasteiger charge is 2.53.